The first-order valence-electron chi connectivity index (χ1n) is 6.90. The number of nitriles is 1. The van der Waals surface area contributed by atoms with Crippen molar-refractivity contribution in [3.05, 3.63) is 29.8 Å². The van der Waals surface area contributed by atoms with Gasteiger partial charge in [-0.1, -0.05) is 6.07 Å². The normalized spacial score (nSPS) is 21.1. The molecule has 2 aliphatic rings. The number of ether oxygens (including phenoxy) is 1. The fourth-order valence-corrected chi connectivity index (χ4v) is 2.41. The van der Waals surface area contributed by atoms with Crippen molar-refractivity contribution in [1.29, 1.82) is 5.26 Å². The Morgan fingerprint density at radius 1 is 1.25 bits per heavy atom. The van der Waals surface area contributed by atoms with Crippen molar-refractivity contribution in [3.63, 3.8) is 0 Å². The highest BCUT2D eigenvalue weighted by Gasteiger charge is 2.49. The van der Waals surface area contributed by atoms with Crippen LogP contribution in [0, 0.1) is 28.9 Å². The Morgan fingerprint density at radius 3 is 2.40 bits per heavy atom. The van der Waals surface area contributed by atoms with Crippen molar-refractivity contribution in [2.24, 2.45) is 5.92 Å². The van der Waals surface area contributed by atoms with E-state index in [4.69, 9.17) is 4.74 Å². The lowest BCUT2D eigenvalue weighted by Crippen LogP contribution is -2.52. The third-order valence-electron chi connectivity index (χ3n) is 3.88. The van der Waals surface area contributed by atoms with E-state index in [1.165, 1.54) is 6.07 Å². The molecule has 1 atom stereocenters. The van der Waals surface area contributed by atoms with Gasteiger partial charge >= 0.3 is 0 Å². The minimum Gasteiger partial charge on any atom is -0.484 e. The first-order valence-corrected chi connectivity index (χ1v) is 6.90. The molecule has 2 fully saturated rings. The Labute approximate surface area is 116 Å². The van der Waals surface area contributed by atoms with E-state index < -0.39 is 22.9 Å². The smallest absolute Gasteiger partial charge is 0.190 e. The van der Waals surface area contributed by atoms with E-state index in [0.29, 0.717) is 6.04 Å². The summed E-state index contributed by atoms with van der Waals surface area (Å²) in [6, 6.07) is 6.21. The Kier molecular flexibility index (Phi) is 3.35. The largest absolute Gasteiger partial charge is 0.484 e. The zero-order valence-electron chi connectivity index (χ0n) is 11.0. The quantitative estimate of drug-likeness (QED) is 0.870. The third kappa shape index (κ3) is 2.61. The third-order valence-corrected chi connectivity index (χ3v) is 3.88. The van der Waals surface area contributed by atoms with Crippen LogP contribution in [0.2, 0.25) is 0 Å². The molecule has 0 aromatic heterocycles. The molecule has 1 unspecified atom stereocenters. The summed E-state index contributed by atoms with van der Waals surface area (Å²) in [5.74, 6) is -1.66. The highest BCUT2D eigenvalue weighted by molar-refractivity contribution is 5.27. The highest BCUT2D eigenvalue weighted by Crippen LogP contribution is 2.41. The van der Waals surface area contributed by atoms with Gasteiger partial charge in [0.05, 0.1) is 6.07 Å². The van der Waals surface area contributed by atoms with Gasteiger partial charge in [-0.05, 0) is 43.7 Å². The number of halogens is 2. The molecule has 0 radical (unpaired) electrons. The maximum atomic E-state index is 13.6. The molecule has 3 nitrogen and oxygen atoms in total. The molecular weight excluding hydrogens is 262 g/mol. The van der Waals surface area contributed by atoms with Crippen molar-refractivity contribution < 1.29 is 13.5 Å². The molecule has 0 saturated heterocycles. The monoisotopic (exact) mass is 278 g/mol. The second-order valence-electron chi connectivity index (χ2n) is 5.62. The molecule has 0 bridgehead atoms. The van der Waals surface area contributed by atoms with Crippen molar-refractivity contribution in [2.45, 2.75) is 37.3 Å². The van der Waals surface area contributed by atoms with Crippen molar-refractivity contribution in [3.8, 4) is 11.8 Å². The van der Waals surface area contributed by atoms with Gasteiger partial charge in [0, 0.05) is 6.04 Å². The van der Waals surface area contributed by atoms with Crippen LogP contribution in [-0.2, 0) is 0 Å². The van der Waals surface area contributed by atoms with Crippen LogP contribution in [0.25, 0.3) is 0 Å². The molecule has 1 N–H and O–H groups in total. The summed E-state index contributed by atoms with van der Waals surface area (Å²) < 4.78 is 32.4. The van der Waals surface area contributed by atoms with Gasteiger partial charge in [0.2, 0.25) is 0 Å². The average molecular weight is 278 g/mol. The van der Waals surface area contributed by atoms with Gasteiger partial charge in [-0.25, -0.2) is 8.78 Å². The van der Waals surface area contributed by atoms with Gasteiger partial charge in [0.1, 0.15) is 12.1 Å². The van der Waals surface area contributed by atoms with E-state index >= 15 is 0 Å². The van der Waals surface area contributed by atoms with E-state index in [1.807, 2.05) is 0 Å². The predicted octanol–water partition coefficient (Wildman–Crippen LogP) is 2.77. The molecule has 1 aromatic carbocycles. The number of rotatable bonds is 6. The molecule has 2 saturated carbocycles. The van der Waals surface area contributed by atoms with Crippen LogP contribution in [0.4, 0.5) is 8.78 Å². The van der Waals surface area contributed by atoms with E-state index in [-0.39, 0.29) is 12.5 Å². The van der Waals surface area contributed by atoms with E-state index in [0.717, 1.165) is 37.8 Å². The standard InChI is InChI=1S/C15H16F2N2O/c16-12-2-1-3-13(17)14(12)20-9-15(8-18,10-4-5-10)19-11-6-7-11/h1-3,10-11,19H,4-7,9H2. The number of nitrogens with one attached hydrogen (secondary N) is 1. The maximum absolute atomic E-state index is 13.6. The second kappa shape index (κ2) is 5.02. The minimum atomic E-state index is -0.824. The molecular formula is C15H16F2N2O. The fourth-order valence-electron chi connectivity index (χ4n) is 2.41. The maximum Gasteiger partial charge on any atom is 0.190 e. The van der Waals surface area contributed by atoms with Gasteiger partial charge in [-0.2, -0.15) is 5.26 Å². The van der Waals surface area contributed by atoms with Crippen LogP contribution in [-0.4, -0.2) is 18.2 Å². The Morgan fingerprint density at radius 2 is 1.90 bits per heavy atom. The van der Waals surface area contributed by atoms with Gasteiger partial charge in [-0.15, -0.1) is 0 Å². The summed E-state index contributed by atoms with van der Waals surface area (Å²) in [7, 11) is 0. The predicted molar refractivity (Wildman–Crippen MR) is 69.1 cm³/mol. The minimum absolute atomic E-state index is 0.0253. The van der Waals surface area contributed by atoms with E-state index in [1.54, 1.807) is 0 Å². The zero-order valence-corrected chi connectivity index (χ0v) is 11.0. The highest BCUT2D eigenvalue weighted by atomic mass is 19.1. The molecule has 5 heteroatoms. The first-order chi connectivity index (χ1) is 9.64. The summed E-state index contributed by atoms with van der Waals surface area (Å²) in [6.45, 7) is -0.0253. The molecule has 0 heterocycles. The van der Waals surface area contributed by atoms with Gasteiger partial charge < -0.3 is 4.74 Å². The number of hydrogen-bond donors (Lipinski definition) is 1. The van der Waals surface area contributed by atoms with Gasteiger partial charge in [0.15, 0.2) is 17.4 Å². The lowest BCUT2D eigenvalue weighted by Gasteiger charge is -2.28. The zero-order chi connectivity index (χ0) is 14.2. The summed E-state index contributed by atoms with van der Waals surface area (Å²) in [6.07, 6.45) is 4.00. The molecule has 0 aliphatic heterocycles. The van der Waals surface area contributed by atoms with E-state index in [9.17, 15) is 14.0 Å². The molecule has 3 rings (SSSR count). The molecule has 2 aliphatic carbocycles. The number of nitrogens with zero attached hydrogens (tertiary/aromatic N) is 1. The second-order valence-corrected chi connectivity index (χ2v) is 5.62. The Balaban J connectivity index is 1.75. The van der Waals surface area contributed by atoms with Crippen LogP contribution >= 0.6 is 0 Å². The average Bonchev–Trinajstić information content (AvgIpc) is 3.29. The van der Waals surface area contributed by atoms with E-state index in [2.05, 4.69) is 11.4 Å². The molecule has 0 spiro atoms. The Bertz CT molecular complexity index is 529. The topological polar surface area (TPSA) is 45.0 Å². The number of para-hydroxylation sites is 1. The van der Waals surface area contributed by atoms with Crippen LogP contribution < -0.4 is 10.1 Å². The van der Waals surface area contributed by atoms with Crippen LogP contribution in [0.3, 0.4) is 0 Å². The Hall–Kier alpha value is -1.67. The number of benzene rings is 1. The van der Waals surface area contributed by atoms with Crippen molar-refractivity contribution >= 4 is 0 Å². The molecule has 0 amide bonds. The van der Waals surface area contributed by atoms with Crippen LogP contribution in [0.15, 0.2) is 18.2 Å². The van der Waals surface area contributed by atoms with Crippen LogP contribution in [0.5, 0.6) is 5.75 Å². The van der Waals surface area contributed by atoms with Crippen molar-refractivity contribution in [1.82, 2.24) is 5.32 Å². The molecule has 20 heavy (non-hydrogen) atoms. The molecule has 106 valence electrons. The van der Waals surface area contributed by atoms with Crippen molar-refractivity contribution in [2.75, 3.05) is 6.61 Å². The SMILES string of the molecule is N#CC(COc1c(F)cccc1F)(NC1CC1)C1CC1. The fraction of sp³-hybridized carbons (Fsp3) is 0.533. The summed E-state index contributed by atoms with van der Waals surface area (Å²) in [5, 5.41) is 12.8. The van der Waals surface area contributed by atoms with Crippen LogP contribution in [0.1, 0.15) is 25.7 Å². The van der Waals surface area contributed by atoms with Gasteiger partial charge in [0.25, 0.3) is 0 Å². The first kappa shape index (κ1) is 13.3. The lowest BCUT2D eigenvalue weighted by molar-refractivity contribution is 0.187. The summed E-state index contributed by atoms with van der Waals surface area (Å²) >= 11 is 0. The summed E-state index contributed by atoms with van der Waals surface area (Å²) in [5.41, 5.74) is -0.824. The van der Waals surface area contributed by atoms with Gasteiger partial charge in [-0.3, -0.25) is 5.32 Å². The molecule has 1 aromatic rings. The number of hydrogen-bond acceptors (Lipinski definition) is 3. The summed E-state index contributed by atoms with van der Waals surface area (Å²) in [4.78, 5) is 0. The lowest BCUT2D eigenvalue weighted by atomic mass is 9.96.